The molecule has 0 bridgehead atoms. The van der Waals surface area contributed by atoms with Crippen LogP contribution in [0.2, 0.25) is 0 Å². The maximum Gasteiger partial charge on any atom is 4.00 e. The Hall–Kier alpha value is 2.27. The molecule has 1 nitrogen and oxygen atoms in total. The van der Waals surface area contributed by atoms with Gasteiger partial charge in [-0.25, -0.2) is 0 Å². The molecule has 0 unspecified atom stereocenters. The molecule has 0 heterocycles. The first kappa shape index (κ1) is 55.4. The Morgan fingerprint density at radius 3 is 1.00 bits per heavy atom. The van der Waals surface area contributed by atoms with Crippen molar-refractivity contribution in [1.82, 2.24) is 0 Å². The SMILES string of the molecule is [Co+2].[Li+].[Ni+2].[O-2].[Ti+4]. The first-order valence-corrected chi connectivity index (χ1v) is 0. The fourth-order valence-corrected chi connectivity index (χ4v) is 0. The fourth-order valence-electron chi connectivity index (χ4n) is 0. The molecule has 0 N–H and O–H groups in total. The van der Waals surface area contributed by atoms with E-state index in [1.807, 2.05) is 0 Å². The van der Waals surface area contributed by atoms with Gasteiger partial charge in [0.25, 0.3) is 0 Å². The summed E-state index contributed by atoms with van der Waals surface area (Å²) >= 11 is 0. The van der Waals surface area contributed by atoms with E-state index < -0.39 is 0 Å². The van der Waals surface area contributed by atoms with E-state index in [4.69, 9.17) is 0 Å². The summed E-state index contributed by atoms with van der Waals surface area (Å²) in [6, 6.07) is 0. The van der Waals surface area contributed by atoms with E-state index in [1.165, 1.54) is 0 Å². The van der Waals surface area contributed by atoms with Crippen LogP contribution in [-0.2, 0) is 60.5 Å². The smallest absolute Gasteiger partial charge is 2.00 e. The summed E-state index contributed by atoms with van der Waals surface area (Å²) in [7, 11) is 0. The Bertz CT molecular complexity index is 11.6. The normalized spacial score (nSPS) is 0. The molecule has 0 atom stereocenters. The van der Waals surface area contributed by atoms with Crippen LogP contribution in [0.1, 0.15) is 0 Å². The maximum absolute atomic E-state index is 0. The molecule has 0 aliphatic heterocycles. The van der Waals surface area contributed by atoms with Crippen LogP contribution in [0.4, 0.5) is 0 Å². The van der Waals surface area contributed by atoms with Gasteiger partial charge in [-0.15, -0.1) is 0 Å². The van der Waals surface area contributed by atoms with Gasteiger partial charge in [-0.05, 0) is 0 Å². The molecule has 1 radical (unpaired) electrons. The van der Waals surface area contributed by atoms with Crippen molar-refractivity contribution in [2.24, 2.45) is 0 Å². The third-order valence-electron chi connectivity index (χ3n) is 0. The van der Waals surface area contributed by atoms with Crippen LogP contribution in [0.3, 0.4) is 0 Å². The number of rotatable bonds is 0. The summed E-state index contributed by atoms with van der Waals surface area (Å²) < 4.78 is 0. The third kappa shape index (κ3) is 22.2. The van der Waals surface area contributed by atoms with Gasteiger partial charge in [-0.1, -0.05) is 0 Å². The van der Waals surface area contributed by atoms with Gasteiger partial charge < -0.3 is 5.48 Å². The van der Waals surface area contributed by atoms with E-state index >= 15 is 0 Å². The van der Waals surface area contributed by atoms with E-state index in [1.54, 1.807) is 0 Å². The molecule has 5 heavy (non-hydrogen) atoms. The Balaban J connectivity index is 0. The zero-order chi connectivity index (χ0) is 0. The quantitative estimate of drug-likeness (QED) is 0.360. The van der Waals surface area contributed by atoms with E-state index in [0.29, 0.717) is 0 Å². The Kier molecular flexibility index (Phi) is 374. The van der Waals surface area contributed by atoms with Crippen molar-refractivity contribution in [2.45, 2.75) is 0 Å². The van der Waals surface area contributed by atoms with Gasteiger partial charge in [0, 0.05) is 0 Å². The molecule has 23 valence electrons. The standard InChI is InChI=1S/Co.Li.Ni.O.Ti/q+2;+1;+2;-2;+4. The van der Waals surface area contributed by atoms with E-state index in [2.05, 4.69) is 0 Å². The zero-order valence-corrected chi connectivity index (χ0v) is 6.15. The molecule has 0 amide bonds. The van der Waals surface area contributed by atoms with Crippen molar-refractivity contribution in [3.05, 3.63) is 0 Å². The fraction of sp³-hybridized carbons (Fsp3) is 0. The van der Waals surface area contributed by atoms with Crippen LogP contribution in [-0.4, -0.2) is 0 Å². The average molecular weight is 188 g/mol. The molecule has 0 aliphatic rings. The number of hydrogen-bond acceptors (Lipinski definition) is 0. The molecule has 0 aromatic rings. The van der Waals surface area contributed by atoms with Gasteiger partial charge in [-0.3, -0.25) is 0 Å². The van der Waals surface area contributed by atoms with Crippen molar-refractivity contribution < 1.29 is 79.3 Å². The first-order valence-electron chi connectivity index (χ1n) is 0. The van der Waals surface area contributed by atoms with Crippen molar-refractivity contribution in [3.8, 4) is 0 Å². The second-order valence-electron chi connectivity index (χ2n) is 0. The van der Waals surface area contributed by atoms with Gasteiger partial charge in [-0.2, -0.15) is 0 Å². The third-order valence-corrected chi connectivity index (χ3v) is 0. The van der Waals surface area contributed by atoms with Crippen LogP contribution >= 0.6 is 0 Å². The summed E-state index contributed by atoms with van der Waals surface area (Å²) in [5.41, 5.74) is 0. The summed E-state index contributed by atoms with van der Waals surface area (Å²) in [6.45, 7) is 0. The summed E-state index contributed by atoms with van der Waals surface area (Å²) in [6.07, 6.45) is 0. The molecule has 0 aromatic heterocycles. The molecule has 0 rings (SSSR count). The molecule has 0 saturated carbocycles. The Morgan fingerprint density at radius 2 is 1.00 bits per heavy atom. The topological polar surface area (TPSA) is 28.5 Å². The van der Waals surface area contributed by atoms with Crippen molar-refractivity contribution in [1.29, 1.82) is 0 Å². The predicted octanol–water partition coefficient (Wildman–Crippen LogP) is -3.12. The van der Waals surface area contributed by atoms with Crippen molar-refractivity contribution in [3.63, 3.8) is 0 Å². The van der Waals surface area contributed by atoms with Gasteiger partial charge in [0.15, 0.2) is 0 Å². The van der Waals surface area contributed by atoms with Crippen molar-refractivity contribution in [2.75, 3.05) is 0 Å². The minimum atomic E-state index is 0. The molecule has 0 fully saturated rings. The minimum absolute atomic E-state index is 0. The van der Waals surface area contributed by atoms with Crippen LogP contribution in [0.25, 0.3) is 0 Å². The van der Waals surface area contributed by atoms with Crippen LogP contribution < -0.4 is 18.9 Å². The zero-order valence-electron chi connectivity index (χ0n) is 2.56. The van der Waals surface area contributed by atoms with Crippen LogP contribution in [0, 0.1) is 0 Å². The van der Waals surface area contributed by atoms with E-state index in [-0.39, 0.29) is 79.3 Å². The predicted molar refractivity (Wildman–Crippen MR) is 0.686 cm³/mol. The first-order chi connectivity index (χ1) is 0. The summed E-state index contributed by atoms with van der Waals surface area (Å²) in [5.74, 6) is 0. The monoisotopic (exact) mass is 188 g/mol. The largest absolute Gasteiger partial charge is 4.00 e. The molecule has 0 aromatic carbocycles. The van der Waals surface area contributed by atoms with Crippen LogP contribution in [0.15, 0.2) is 0 Å². The molecule has 0 spiro atoms. The van der Waals surface area contributed by atoms with Crippen molar-refractivity contribution >= 4 is 0 Å². The summed E-state index contributed by atoms with van der Waals surface area (Å²) in [4.78, 5) is 0. The number of hydrogen-bond donors (Lipinski definition) is 0. The van der Waals surface area contributed by atoms with Gasteiger partial charge in [0.2, 0.25) is 0 Å². The van der Waals surface area contributed by atoms with E-state index in [0.717, 1.165) is 0 Å². The average Bonchev–Trinajstić information content (AvgIpc) is 0. The molecular weight excluding hydrogens is 188 g/mol. The second-order valence-corrected chi connectivity index (χ2v) is 0. The van der Waals surface area contributed by atoms with Gasteiger partial charge >= 0.3 is 73.8 Å². The summed E-state index contributed by atoms with van der Waals surface area (Å²) in [5, 5.41) is 0. The Morgan fingerprint density at radius 1 is 1.00 bits per heavy atom. The minimum Gasteiger partial charge on any atom is -2.00 e. The molecular formula is CoLiNiOTi+7. The second kappa shape index (κ2) is 33.8. The van der Waals surface area contributed by atoms with E-state index in [9.17, 15) is 0 Å². The molecule has 5 heteroatoms. The maximum atomic E-state index is 0. The molecule has 0 saturated heterocycles. The Labute approximate surface area is 78.5 Å². The van der Waals surface area contributed by atoms with Crippen LogP contribution in [0.5, 0.6) is 0 Å². The van der Waals surface area contributed by atoms with Gasteiger partial charge in [0.1, 0.15) is 0 Å². The molecule has 0 aliphatic carbocycles. The van der Waals surface area contributed by atoms with Gasteiger partial charge in [0.05, 0.1) is 0 Å².